The molecule has 0 saturated carbocycles. The van der Waals surface area contributed by atoms with Gasteiger partial charge in [0.1, 0.15) is 6.10 Å². The summed E-state index contributed by atoms with van der Waals surface area (Å²) < 4.78 is 5.10. The number of ether oxygens (including phenoxy) is 1. The number of carboxylic acids is 1. The summed E-state index contributed by atoms with van der Waals surface area (Å²) in [6.07, 6.45) is -0.143. The molecule has 0 bridgehead atoms. The van der Waals surface area contributed by atoms with Crippen molar-refractivity contribution in [3.8, 4) is 0 Å². The van der Waals surface area contributed by atoms with Gasteiger partial charge in [0.2, 0.25) is 0 Å². The second kappa shape index (κ2) is 10.5. The first kappa shape index (κ1) is 22.4. The minimum absolute atomic E-state index is 0.192. The predicted molar refractivity (Wildman–Crippen MR) is 93.2 cm³/mol. The highest BCUT2D eigenvalue weighted by Gasteiger charge is 2.29. The Morgan fingerprint density at radius 3 is 2.26 bits per heavy atom. The Kier molecular flexibility index (Phi) is 8.66. The molecule has 0 fully saturated rings. The van der Waals surface area contributed by atoms with Crippen LogP contribution in [-0.2, 0) is 19.1 Å². The molecule has 0 unspecified atom stereocenters. The Hall–Kier alpha value is -2.69. The molecule has 0 aliphatic rings. The van der Waals surface area contributed by atoms with Crippen LogP contribution in [0.4, 0.5) is 5.69 Å². The van der Waals surface area contributed by atoms with Gasteiger partial charge in [-0.25, -0.2) is 9.59 Å². The Morgan fingerprint density at radius 1 is 1.22 bits per heavy atom. The minimum Gasteiger partial charge on any atom is -0.478 e. The molecular formula is C15H14Cl2N2O8. The third-order valence-corrected chi connectivity index (χ3v) is 3.52. The average molecular weight is 421 g/mol. The van der Waals surface area contributed by atoms with E-state index in [1.165, 1.54) is 12.1 Å². The summed E-state index contributed by atoms with van der Waals surface area (Å²) in [6, 6.07) is 3.56. The van der Waals surface area contributed by atoms with Crippen LogP contribution in [0.25, 0.3) is 0 Å². The molecule has 1 aromatic rings. The lowest BCUT2D eigenvalue weighted by Gasteiger charge is -2.26. The molecule has 0 radical (unpaired) electrons. The molecule has 0 aliphatic heterocycles. The standard InChI is InChI=1S/C15H14Cl2N2O8/c16-14(17)15(24)18-10(7-20)13(27-12(23)6-5-11(21)22)8-1-3-9(4-2-8)19(25)26/h1-6,10,13-14,20H,7H2,(H,18,24)(H,21,22)/b6-5-/t10-,13-/m1/s1. The maximum atomic E-state index is 11.8. The maximum Gasteiger partial charge on any atom is 0.331 e. The van der Waals surface area contributed by atoms with Crippen molar-refractivity contribution in [2.24, 2.45) is 0 Å². The van der Waals surface area contributed by atoms with Crippen molar-refractivity contribution in [3.63, 3.8) is 0 Å². The molecule has 1 aromatic carbocycles. The molecule has 10 nitrogen and oxygen atoms in total. The number of nitro benzene ring substituents is 1. The molecule has 2 atom stereocenters. The van der Waals surface area contributed by atoms with Crippen molar-refractivity contribution < 1.29 is 34.3 Å². The summed E-state index contributed by atoms with van der Waals surface area (Å²) in [5.41, 5.74) is -0.0431. The van der Waals surface area contributed by atoms with Crippen molar-refractivity contribution in [2.45, 2.75) is 17.0 Å². The number of aliphatic carboxylic acids is 1. The minimum atomic E-state index is -1.46. The molecule has 0 heterocycles. The molecule has 0 aromatic heterocycles. The first-order valence-electron chi connectivity index (χ1n) is 7.21. The fraction of sp³-hybridized carbons (Fsp3) is 0.267. The molecule has 1 amide bonds. The van der Waals surface area contributed by atoms with Crippen LogP contribution in [0, 0.1) is 10.1 Å². The molecule has 12 heteroatoms. The molecule has 0 aliphatic carbocycles. The van der Waals surface area contributed by atoms with Crippen molar-refractivity contribution in [1.29, 1.82) is 0 Å². The van der Waals surface area contributed by atoms with Crippen LogP contribution >= 0.6 is 23.2 Å². The smallest absolute Gasteiger partial charge is 0.331 e. The van der Waals surface area contributed by atoms with Crippen molar-refractivity contribution in [3.05, 3.63) is 52.1 Å². The number of hydrogen-bond acceptors (Lipinski definition) is 7. The Balaban J connectivity index is 3.16. The van der Waals surface area contributed by atoms with Crippen LogP contribution in [-0.4, -0.2) is 50.5 Å². The Labute approximate surface area is 162 Å². The first-order valence-corrected chi connectivity index (χ1v) is 8.08. The van der Waals surface area contributed by atoms with Gasteiger partial charge in [0.15, 0.2) is 4.84 Å². The lowest BCUT2D eigenvalue weighted by molar-refractivity contribution is -0.384. The number of esters is 1. The van der Waals surface area contributed by atoms with Crippen LogP contribution in [0.1, 0.15) is 11.7 Å². The zero-order valence-electron chi connectivity index (χ0n) is 13.5. The number of alkyl halides is 2. The van der Waals surface area contributed by atoms with E-state index in [0.717, 1.165) is 12.1 Å². The van der Waals surface area contributed by atoms with Gasteiger partial charge in [-0.1, -0.05) is 23.2 Å². The summed E-state index contributed by atoms with van der Waals surface area (Å²) in [5, 5.41) is 31.1. The van der Waals surface area contributed by atoms with E-state index in [0.29, 0.717) is 12.2 Å². The second-order valence-electron chi connectivity index (χ2n) is 4.98. The normalized spacial score (nSPS) is 13.2. The van der Waals surface area contributed by atoms with E-state index in [2.05, 4.69) is 5.32 Å². The van der Waals surface area contributed by atoms with E-state index in [1.807, 2.05) is 0 Å². The van der Waals surface area contributed by atoms with Gasteiger partial charge in [0.25, 0.3) is 11.6 Å². The number of halogens is 2. The number of carbonyl (C=O) groups excluding carboxylic acids is 2. The molecule has 3 N–H and O–H groups in total. The summed E-state index contributed by atoms with van der Waals surface area (Å²) in [5.74, 6) is -3.35. The highest BCUT2D eigenvalue weighted by atomic mass is 35.5. The number of nitrogens with zero attached hydrogens (tertiary/aromatic N) is 1. The monoisotopic (exact) mass is 420 g/mol. The zero-order valence-corrected chi connectivity index (χ0v) is 15.0. The second-order valence-corrected chi connectivity index (χ2v) is 6.07. The molecule has 1 rings (SSSR count). The lowest BCUT2D eigenvalue weighted by atomic mass is 10.0. The molecule has 0 saturated heterocycles. The van der Waals surface area contributed by atoms with Crippen molar-refractivity contribution >= 4 is 46.7 Å². The number of aliphatic hydroxyl groups excluding tert-OH is 1. The van der Waals surface area contributed by atoms with E-state index < -0.39 is 46.4 Å². The largest absolute Gasteiger partial charge is 0.478 e. The number of aliphatic hydroxyl groups is 1. The number of amides is 1. The third-order valence-electron chi connectivity index (χ3n) is 3.13. The Morgan fingerprint density at radius 2 is 1.81 bits per heavy atom. The van der Waals surface area contributed by atoms with Crippen LogP contribution in [0.15, 0.2) is 36.4 Å². The summed E-state index contributed by atoms with van der Waals surface area (Å²) >= 11 is 10.9. The van der Waals surface area contributed by atoms with E-state index >= 15 is 0 Å². The number of carbonyl (C=O) groups is 3. The number of rotatable bonds is 9. The van der Waals surface area contributed by atoms with Crippen LogP contribution in [0.2, 0.25) is 0 Å². The van der Waals surface area contributed by atoms with Gasteiger partial charge >= 0.3 is 11.9 Å². The summed E-state index contributed by atoms with van der Waals surface area (Å²) in [7, 11) is 0. The quantitative estimate of drug-likeness (QED) is 0.176. The van der Waals surface area contributed by atoms with E-state index in [1.54, 1.807) is 0 Å². The van der Waals surface area contributed by atoms with Crippen LogP contribution < -0.4 is 5.32 Å². The van der Waals surface area contributed by atoms with E-state index in [4.69, 9.17) is 33.0 Å². The number of carboxylic acid groups (broad SMARTS) is 1. The van der Waals surface area contributed by atoms with Gasteiger partial charge in [0.05, 0.1) is 17.6 Å². The SMILES string of the molecule is O=C(O)/C=C\C(=O)O[C@H](c1ccc([N+](=O)[O-])cc1)[C@@H](CO)NC(=O)C(Cl)Cl. The van der Waals surface area contributed by atoms with Gasteiger partial charge in [-0.3, -0.25) is 14.9 Å². The maximum absolute atomic E-state index is 11.8. The Bertz CT molecular complexity index is 736. The number of nitrogens with one attached hydrogen (secondary N) is 1. The highest BCUT2D eigenvalue weighted by molar-refractivity contribution is 6.53. The van der Waals surface area contributed by atoms with Crippen LogP contribution in [0.5, 0.6) is 0 Å². The van der Waals surface area contributed by atoms with Gasteiger partial charge in [-0.2, -0.15) is 0 Å². The summed E-state index contributed by atoms with van der Waals surface area (Å²) in [4.78, 5) is 42.6. The molecule has 146 valence electrons. The lowest BCUT2D eigenvalue weighted by Crippen LogP contribution is -2.45. The number of hydrogen-bond donors (Lipinski definition) is 3. The van der Waals surface area contributed by atoms with E-state index in [9.17, 15) is 29.6 Å². The predicted octanol–water partition coefficient (Wildman–Crippen LogP) is 1.10. The van der Waals surface area contributed by atoms with Gasteiger partial charge in [0, 0.05) is 24.3 Å². The zero-order chi connectivity index (χ0) is 20.6. The highest BCUT2D eigenvalue weighted by Crippen LogP contribution is 2.25. The molecule has 0 spiro atoms. The van der Waals surface area contributed by atoms with Gasteiger partial charge in [-0.15, -0.1) is 0 Å². The average Bonchev–Trinajstić information content (AvgIpc) is 2.62. The van der Waals surface area contributed by atoms with Gasteiger partial charge < -0.3 is 20.3 Å². The number of non-ortho nitro benzene ring substituents is 1. The topological polar surface area (TPSA) is 156 Å². The van der Waals surface area contributed by atoms with E-state index in [-0.39, 0.29) is 11.3 Å². The van der Waals surface area contributed by atoms with Crippen LogP contribution in [0.3, 0.4) is 0 Å². The fourth-order valence-electron chi connectivity index (χ4n) is 1.93. The third kappa shape index (κ3) is 7.21. The van der Waals surface area contributed by atoms with Crippen molar-refractivity contribution in [1.82, 2.24) is 5.32 Å². The molecular weight excluding hydrogens is 407 g/mol. The summed E-state index contributed by atoms with van der Waals surface area (Å²) in [6.45, 7) is -0.705. The molecule has 27 heavy (non-hydrogen) atoms. The first-order chi connectivity index (χ1) is 12.6. The number of nitro groups is 1. The fourth-order valence-corrected chi connectivity index (χ4v) is 2.06. The van der Waals surface area contributed by atoms with Gasteiger partial charge in [-0.05, 0) is 17.7 Å². The van der Waals surface area contributed by atoms with Crippen molar-refractivity contribution in [2.75, 3.05) is 6.61 Å². The number of benzene rings is 1.